The number of rotatable bonds is 5. The zero-order valence-corrected chi connectivity index (χ0v) is 12.2. The van der Waals surface area contributed by atoms with Crippen molar-refractivity contribution in [3.63, 3.8) is 0 Å². The van der Waals surface area contributed by atoms with Crippen LogP contribution in [0.1, 0.15) is 13.8 Å². The van der Waals surface area contributed by atoms with Gasteiger partial charge in [0.2, 0.25) is 5.89 Å². The minimum Gasteiger partial charge on any atom is -0.493 e. The van der Waals surface area contributed by atoms with E-state index in [-0.39, 0.29) is 0 Å². The number of hydrogen-bond acceptors (Lipinski definition) is 6. The van der Waals surface area contributed by atoms with Gasteiger partial charge in [0.25, 0.3) is 5.22 Å². The van der Waals surface area contributed by atoms with Gasteiger partial charge in [-0.15, -0.1) is 10.2 Å². The van der Waals surface area contributed by atoms with Gasteiger partial charge < -0.3 is 13.9 Å². The number of ether oxygens (including phenoxy) is 2. The Balaban J connectivity index is 2.28. The largest absolute Gasteiger partial charge is 0.493 e. The summed E-state index contributed by atoms with van der Waals surface area (Å²) in [7, 11) is 3.19. The van der Waals surface area contributed by atoms with Gasteiger partial charge in [0.1, 0.15) is 0 Å². The van der Waals surface area contributed by atoms with E-state index in [2.05, 4.69) is 24.0 Å². The van der Waals surface area contributed by atoms with Crippen molar-refractivity contribution < 1.29 is 13.9 Å². The molecule has 6 heteroatoms. The van der Waals surface area contributed by atoms with Crippen LogP contribution in [0.15, 0.2) is 27.8 Å². The van der Waals surface area contributed by atoms with E-state index in [0.29, 0.717) is 27.9 Å². The predicted molar refractivity (Wildman–Crippen MR) is 73.8 cm³/mol. The highest BCUT2D eigenvalue weighted by atomic mass is 32.2. The smallest absolute Gasteiger partial charge is 0.277 e. The first-order valence-electron chi connectivity index (χ1n) is 5.86. The average molecular weight is 280 g/mol. The van der Waals surface area contributed by atoms with E-state index in [4.69, 9.17) is 13.9 Å². The molecule has 5 nitrogen and oxygen atoms in total. The molecule has 0 fully saturated rings. The Bertz CT molecular complexity index is 555. The molecule has 0 atom stereocenters. The Kier molecular flexibility index (Phi) is 4.31. The first-order chi connectivity index (χ1) is 9.13. The highest BCUT2D eigenvalue weighted by Gasteiger charge is 2.13. The summed E-state index contributed by atoms with van der Waals surface area (Å²) < 4.78 is 16.0. The lowest BCUT2D eigenvalue weighted by Gasteiger charge is -2.07. The van der Waals surface area contributed by atoms with E-state index in [9.17, 15) is 0 Å². The molecule has 2 rings (SSSR count). The molecule has 0 aliphatic heterocycles. The number of hydrogen-bond donors (Lipinski definition) is 0. The van der Waals surface area contributed by atoms with E-state index in [1.165, 1.54) is 11.8 Å². The van der Waals surface area contributed by atoms with Crippen molar-refractivity contribution in [2.24, 2.45) is 0 Å². The highest BCUT2D eigenvalue weighted by Crippen LogP contribution is 2.33. The minimum absolute atomic E-state index is 0.402. The van der Waals surface area contributed by atoms with E-state index >= 15 is 0 Å². The molecule has 102 valence electrons. The third-order valence-corrected chi connectivity index (χ3v) is 3.21. The molecule has 0 aliphatic carbocycles. The van der Waals surface area contributed by atoms with Gasteiger partial charge in [0.05, 0.1) is 14.2 Å². The van der Waals surface area contributed by atoms with E-state index < -0.39 is 0 Å². The first kappa shape index (κ1) is 13.7. The zero-order valence-electron chi connectivity index (χ0n) is 11.3. The summed E-state index contributed by atoms with van der Waals surface area (Å²) in [5.41, 5.74) is 0.806. The molecule has 0 saturated carbocycles. The summed E-state index contributed by atoms with van der Waals surface area (Å²) in [6.45, 7) is 4.15. The average Bonchev–Trinajstić information content (AvgIpc) is 2.85. The highest BCUT2D eigenvalue weighted by molar-refractivity contribution is 7.99. The van der Waals surface area contributed by atoms with Crippen LogP contribution < -0.4 is 9.47 Å². The third-order valence-electron chi connectivity index (χ3n) is 2.37. The molecule has 0 aliphatic rings. The Labute approximate surface area is 116 Å². The summed E-state index contributed by atoms with van der Waals surface area (Å²) in [4.78, 5) is 0. The Morgan fingerprint density at radius 1 is 1.11 bits per heavy atom. The van der Waals surface area contributed by atoms with Crippen LogP contribution in [-0.4, -0.2) is 29.7 Å². The van der Waals surface area contributed by atoms with Gasteiger partial charge in [0.15, 0.2) is 11.5 Å². The van der Waals surface area contributed by atoms with Crippen LogP contribution in [-0.2, 0) is 0 Å². The van der Waals surface area contributed by atoms with Gasteiger partial charge in [-0.1, -0.05) is 25.6 Å². The monoisotopic (exact) mass is 280 g/mol. The van der Waals surface area contributed by atoms with Crippen molar-refractivity contribution in [2.75, 3.05) is 14.2 Å². The molecular formula is C13H16N2O3S. The summed E-state index contributed by atoms with van der Waals surface area (Å²) in [6.07, 6.45) is 0. The number of nitrogens with zero attached hydrogens (tertiary/aromatic N) is 2. The number of aromatic nitrogens is 2. The number of thioether (sulfide) groups is 1. The summed E-state index contributed by atoms with van der Waals surface area (Å²) in [6, 6.07) is 5.49. The van der Waals surface area contributed by atoms with Crippen molar-refractivity contribution in [1.29, 1.82) is 0 Å². The van der Waals surface area contributed by atoms with Crippen LogP contribution >= 0.6 is 11.8 Å². The van der Waals surface area contributed by atoms with Crippen LogP contribution in [0.25, 0.3) is 11.5 Å². The van der Waals surface area contributed by atoms with Crippen molar-refractivity contribution in [2.45, 2.75) is 24.3 Å². The Morgan fingerprint density at radius 2 is 1.84 bits per heavy atom. The molecule has 19 heavy (non-hydrogen) atoms. The molecule has 0 spiro atoms. The van der Waals surface area contributed by atoms with Crippen LogP contribution in [0.4, 0.5) is 0 Å². The SMILES string of the molecule is COc1ccc(-c2nnc(SC(C)C)o2)cc1OC. The molecule has 0 amide bonds. The maximum absolute atomic E-state index is 5.60. The molecule has 1 aromatic heterocycles. The van der Waals surface area contributed by atoms with Crippen LogP contribution in [0.2, 0.25) is 0 Å². The van der Waals surface area contributed by atoms with Crippen LogP contribution in [0.5, 0.6) is 11.5 Å². The lowest BCUT2D eigenvalue weighted by Crippen LogP contribution is -1.90. The second kappa shape index (κ2) is 5.97. The zero-order chi connectivity index (χ0) is 13.8. The predicted octanol–water partition coefficient (Wildman–Crippen LogP) is 3.25. The van der Waals surface area contributed by atoms with Gasteiger partial charge in [-0.2, -0.15) is 0 Å². The molecule has 0 bridgehead atoms. The molecular weight excluding hydrogens is 264 g/mol. The van der Waals surface area contributed by atoms with E-state index in [1.807, 2.05) is 18.2 Å². The lowest BCUT2D eigenvalue weighted by atomic mass is 10.2. The maximum Gasteiger partial charge on any atom is 0.277 e. The second-order valence-corrected chi connectivity index (χ2v) is 5.64. The lowest BCUT2D eigenvalue weighted by molar-refractivity contribution is 0.355. The van der Waals surface area contributed by atoms with Crippen molar-refractivity contribution in [3.8, 4) is 23.0 Å². The number of methoxy groups -OCH3 is 2. The topological polar surface area (TPSA) is 57.4 Å². The first-order valence-corrected chi connectivity index (χ1v) is 6.74. The molecule has 1 aromatic carbocycles. The summed E-state index contributed by atoms with van der Waals surface area (Å²) >= 11 is 1.54. The fraction of sp³-hybridized carbons (Fsp3) is 0.385. The van der Waals surface area contributed by atoms with Crippen molar-refractivity contribution in [3.05, 3.63) is 18.2 Å². The van der Waals surface area contributed by atoms with Gasteiger partial charge >= 0.3 is 0 Å². The second-order valence-electron chi connectivity index (χ2n) is 4.11. The fourth-order valence-electron chi connectivity index (χ4n) is 1.54. The van der Waals surface area contributed by atoms with Crippen molar-refractivity contribution in [1.82, 2.24) is 10.2 Å². The molecule has 0 N–H and O–H groups in total. The minimum atomic E-state index is 0.402. The summed E-state index contributed by atoms with van der Waals surface area (Å²) in [5.74, 6) is 1.78. The Morgan fingerprint density at radius 3 is 2.47 bits per heavy atom. The van der Waals surface area contributed by atoms with Gasteiger partial charge in [-0.05, 0) is 18.2 Å². The van der Waals surface area contributed by atoms with Crippen molar-refractivity contribution >= 4 is 11.8 Å². The Hall–Kier alpha value is -1.69. The van der Waals surface area contributed by atoms with E-state index in [1.54, 1.807) is 14.2 Å². The normalized spacial score (nSPS) is 10.8. The van der Waals surface area contributed by atoms with Crippen LogP contribution in [0.3, 0.4) is 0 Å². The van der Waals surface area contributed by atoms with Gasteiger partial charge in [0, 0.05) is 10.8 Å². The molecule has 0 radical (unpaired) electrons. The molecule has 2 aromatic rings. The molecule has 0 saturated heterocycles. The fourth-order valence-corrected chi connectivity index (χ4v) is 2.16. The quantitative estimate of drug-likeness (QED) is 0.784. The van der Waals surface area contributed by atoms with Gasteiger partial charge in [-0.3, -0.25) is 0 Å². The molecule has 1 heterocycles. The summed E-state index contributed by atoms with van der Waals surface area (Å²) in [5, 5.41) is 9.01. The molecule has 0 unspecified atom stereocenters. The van der Waals surface area contributed by atoms with E-state index in [0.717, 1.165) is 5.56 Å². The van der Waals surface area contributed by atoms with Crippen LogP contribution in [0, 0.1) is 0 Å². The number of benzene rings is 1. The maximum atomic E-state index is 5.60. The third kappa shape index (κ3) is 3.20. The van der Waals surface area contributed by atoms with Gasteiger partial charge in [-0.25, -0.2) is 0 Å². The standard InChI is InChI=1S/C13H16N2O3S/c1-8(2)19-13-15-14-12(18-13)9-5-6-10(16-3)11(7-9)17-4/h5-8H,1-4H3.